The van der Waals surface area contributed by atoms with Crippen LogP contribution in [-0.2, 0) is 23.2 Å². The van der Waals surface area contributed by atoms with Gasteiger partial charge in [0.15, 0.2) is 0 Å². The molecule has 0 saturated heterocycles. The van der Waals surface area contributed by atoms with Gasteiger partial charge in [-0.25, -0.2) is 0 Å². The van der Waals surface area contributed by atoms with Crippen molar-refractivity contribution in [2.45, 2.75) is 54.4 Å². The second-order valence-electron chi connectivity index (χ2n) is 5.50. The van der Waals surface area contributed by atoms with Gasteiger partial charge >= 0.3 is 118 Å². The maximum atomic E-state index is 3.00. The first kappa shape index (κ1) is 23.4. The number of allylic oxidation sites excluding steroid dienone is 8. The van der Waals surface area contributed by atoms with Crippen LogP contribution in [0.15, 0.2) is 53.2 Å². The van der Waals surface area contributed by atoms with E-state index in [4.69, 9.17) is 0 Å². The Labute approximate surface area is 154 Å². The molecule has 2 rings (SSSR count). The fraction of sp³-hybridized carbons (Fsp3) is 0.444. The normalized spacial score (nSPS) is 17.2. The van der Waals surface area contributed by atoms with Crippen LogP contribution in [-0.4, -0.2) is 0 Å². The van der Waals surface area contributed by atoms with Crippen molar-refractivity contribution in [2.24, 2.45) is 0 Å². The molecule has 0 aliphatic heterocycles. The largest absolute Gasteiger partial charge is 1.00 e. The van der Waals surface area contributed by atoms with Gasteiger partial charge in [0.05, 0.1) is 0 Å². The Morgan fingerprint density at radius 3 is 1.10 bits per heavy atom. The van der Waals surface area contributed by atoms with Gasteiger partial charge < -0.3 is 24.8 Å². The molecule has 0 radical (unpaired) electrons. The summed E-state index contributed by atoms with van der Waals surface area (Å²) < 4.78 is 3.64. The molecule has 116 valence electrons. The maximum Gasteiger partial charge on any atom is -1.00 e. The minimum absolute atomic E-state index is 0. The second kappa shape index (κ2) is 10.0. The molecule has 0 heterocycles. The van der Waals surface area contributed by atoms with Crippen LogP contribution in [0.2, 0.25) is 0 Å². The molecule has 0 fully saturated rings. The van der Waals surface area contributed by atoms with E-state index in [-0.39, 0.29) is 24.8 Å². The van der Waals surface area contributed by atoms with Crippen molar-refractivity contribution in [3.8, 4) is 0 Å². The van der Waals surface area contributed by atoms with Crippen molar-refractivity contribution >= 4 is 0 Å². The molecule has 0 spiro atoms. The van der Waals surface area contributed by atoms with Gasteiger partial charge in [-0.05, 0) is 0 Å². The summed E-state index contributed by atoms with van der Waals surface area (Å²) in [5, 5.41) is 0. The zero-order chi connectivity index (χ0) is 14.7. The van der Waals surface area contributed by atoms with E-state index in [9.17, 15) is 0 Å². The molecule has 0 unspecified atom stereocenters. The third-order valence-electron chi connectivity index (χ3n) is 4.50. The summed E-state index contributed by atoms with van der Waals surface area (Å²) in [4.78, 5) is 0. The van der Waals surface area contributed by atoms with Gasteiger partial charge in [0.2, 0.25) is 0 Å². The molecule has 0 bridgehead atoms. The first-order valence-electron chi connectivity index (χ1n) is 6.91. The topological polar surface area (TPSA) is 0 Å². The molecule has 0 N–H and O–H groups in total. The molecule has 2 aliphatic rings. The molecular formula is C18H26Cl2Zr. The Morgan fingerprint density at radius 1 is 0.619 bits per heavy atom. The number of hydrogen-bond donors (Lipinski definition) is 0. The van der Waals surface area contributed by atoms with Gasteiger partial charge in [-0.3, -0.25) is 0 Å². The summed E-state index contributed by atoms with van der Waals surface area (Å²) in [5.74, 6) is 0. The maximum absolute atomic E-state index is 3.00. The van der Waals surface area contributed by atoms with Crippen LogP contribution in [0.1, 0.15) is 54.4 Å². The summed E-state index contributed by atoms with van der Waals surface area (Å²) in [6.07, 6.45) is 2.55. The number of halogens is 2. The van der Waals surface area contributed by atoms with E-state index in [1.54, 1.807) is 33.4 Å². The first-order chi connectivity index (χ1) is 8.91. The average Bonchev–Trinajstić information content (AvgIpc) is 2.78. The van der Waals surface area contributed by atoms with Crippen LogP contribution in [0, 0.1) is 0 Å². The summed E-state index contributed by atoms with van der Waals surface area (Å²) in [7, 11) is 0. The fourth-order valence-corrected chi connectivity index (χ4v) is 7.09. The van der Waals surface area contributed by atoms with Crippen LogP contribution < -0.4 is 24.8 Å². The predicted octanol–water partition coefficient (Wildman–Crippen LogP) is -0.0927. The molecule has 0 nitrogen and oxygen atoms in total. The second-order valence-corrected chi connectivity index (χ2v) is 9.08. The average molecular weight is 405 g/mol. The molecule has 3 heteroatoms. The fourth-order valence-electron chi connectivity index (χ4n) is 2.61. The Kier molecular flexibility index (Phi) is 11.2. The summed E-state index contributed by atoms with van der Waals surface area (Å²) >= 11 is -0.491. The standard InChI is InChI=1S/2C8H11.C2H4.2ClH.Zr/c2*1-6-4-5-7(2)8(6)3;1-2;;;/h2*4H2,1-3H3;1-2H2;2*1H;/q;;;;;+2/p-2. The molecule has 0 aromatic carbocycles. The van der Waals surface area contributed by atoms with Crippen LogP contribution in [0.3, 0.4) is 0 Å². The van der Waals surface area contributed by atoms with E-state index in [2.05, 4.69) is 54.7 Å². The Balaban J connectivity index is 0. The SMILES string of the molecule is C=C.CC1=C(C)C(C)=[C]([Zr+2][C]2=C(C)C(C)=C(C)C2)C1.[Cl-].[Cl-]. The van der Waals surface area contributed by atoms with Crippen molar-refractivity contribution in [3.63, 3.8) is 0 Å². The molecule has 2 aliphatic carbocycles. The summed E-state index contributed by atoms with van der Waals surface area (Å²) in [6.45, 7) is 19.9. The smallest absolute Gasteiger partial charge is 1.00 e. The minimum Gasteiger partial charge on any atom is -1.00 e. The van der Waals surface area contributed by atoms with Crippen molar-refractivity contribution in [1.82, 2.24) is 0 Å². The van der Waals surface area contributed by atoms with E-state index < -0.39 is 23.2 Å². The number of rotatable bonds is 2. The molecule has 0 atom stereocenters. The van der Waals surface area contributed by atoms with Crippen molar-refractivity contribution in [3.05, 3.63) is 53.2 Å². The quantitative estimate of drug-likeness (QED) is 0.565. The third-order valence-corrected chi connectivity index (χ3v) is 8.69. The Hall–Kier alpha value is 0.163. The van der Waals surface area contributed by atoms with Crippen molar-refractivity contribution in [1.29, 1.82) is 0 Å². The van der Waals surface area contributed by atoms with E-state index in [1.165, 1.54) is 12.8 Å². The molecule has 0 amide bonds. The van der Waals surface area contributed by atoms with Gasteiger partial charge in [0.25, 0.3) is 0 Å². The molecule has 0 aromatic rings. The van der Waals surface area contributed by atoms with Gasteiger partial charge in [0.1, 0.15) is 0 Å². The van der Waals surface area contributed by atoms with Crippen LogP contribution in [0.4, 0.5) is 0 Å². The van der Waals surface area contributed by atoms with Gasteiger partial charge in [0, 0.05) is 0 Å². The van der Waals surface area contributed by atoms with Crippen LogP contribution in [0.5, 0.6) is 0 Å². The molecule has 21 heavy (non-hydrogen) atoms. The van der Waals surface area contributed by atoms with Crippen molar-refractivity contribution in [2.75, 3.05) is 0 Å². The van der Waals surface area contributed by atoms with Crippen LogP contribution >= 0.6 is 0 Å². The van der Waals surface area contributed by atoms with Gasteiger partial charge in [-0.2, -0.15) is 0 Å². The molecule has 0 saturated carbocycles. The van der Waals surface area contributed by atoms with E-state index in [1.807, 2.05) is 6.56 Å². The van der Waals surface area contributed by atoms with Gasteiger partial charge in [-0.1, -0.05) is 0 Å². The summed E-state index contributed by atoms with van der Waals surface area (Å²) in [5.41, 5.74) is 9.59. The van der Waals surface area contributed by atoms with E-state index in [0.29, 0.717) is 0 Å². The van der Waals surface area contributed by atoms with Gasteiger partial charge in [-0.15, -0.1) is 13.2 Å². The first-order valence-corrected chi connectivity index (χ1v) is 9.37. The Morgan fingerprint density at radius 2 is 0.905 bits per heavy atom. The third kappa shape index (κ3) is 5.09. The molecule has 0 aromatic heterocycles. The summed E-state index contributed by atoms with van der Waals surface area (Å²) in [6, 6.07) is 0. The zero-order valence-electron chi connectivity index (χ0n) is 14.1. The van der Waals surface area contributed by atoms with Crippen molar-refractivity contribution < 1.29 is 48.0 Å². The van der Waals surface area contributed by atoms with E-state index in [0.717, 1.165) is 0 Å². The van der Waals surface area contributed by atoms with Crippen LogP contribution in [0.25, 0.3) is 0 Å². The monoisotopic (exact) mass is 402 g/mol. The molecular weight excluding hydrogens is 378 g/mol. The Bertz CT molecular complexity index is 473. The minimum atomic E-state index is -0.491. The predicted molar refractivity (Wildman–Crippen MR) is 82.6 cm³/mol. The van der Waals surface area contributed by atoms with E-state index >= 15 is 0 Å². The number of hydrogen-bond acceptors (Lipinski definition) is 0. The zero-order valence-corrected chi connectivity index (χ0v) is 18.1.